The zero-order valence-corrected chi connectivity index (χ0v) is 18.4. The van der Waals surface area contributed by atoms with Crippen molar-refractivity contribution in [1.82, 2.24) is 25.0 Å². The number of hydrogen-bond donors (Lipinski definition) is 1. The van der Waals surface area contributed by atoms with E-state index in [1.54, 1.807) is 31.5 Å². The monoisotopic (exact) mass is 433 g/mol. The number of rotatable bonds is 7. The highest BCUT2D eigenvalue weighted by Crippen LogP contribution is 2.23. The second kappa shape index (κ2) is 9.64. The lowest BCUT2D eigenvalue weighted by molar-refractivity contribution is -0.131. The lowest BCUT2D eigenvalue weighted by Crippen LogP contribution is -2.37. The van der Waals surface area contributed by atoms with Crippen molar-refractivity contribution in [3.05, 3.63) is 76.9 Å². The molecule has 1 aliphatic heterocycles. The number of aromatic nitrogens is 3. The average Bonchev–Trinajstić information content (AvgIpc) is 3.14. The van der Waals surface area contributed by atoms with Gasteiger partial charge in [0, 0.05) is 57.0 Å². The molecule has 1 N–H and O–H groups in total. The van der Waals surface area contributed by atoms with E-state index in [0.717, 1.165) is 34.7 Å². The van der Waals surface area contributed by atoms with E-state index in [1.165, 1.54) is 0 Å². The maximum atomic E-state index is 12.9. The number of methoxy groups -OCH3 is 1. The van der Waals surface area contributed by atoms with Gasteiger partial charge in [0.1, 0.15) is 11.4 Å². The Morgan fingerprint density at radius 2 is 2.06 bits per heavy atom. The zero-order valence-electron chi connectivity index (χ0n) is 18.4. The zero-order chi connectivity index (χ0) is 22.5. The molecule has 3 aromatic rings. The molecule has 0 saturated carbocycles. The number of benzene rings is 1. The van der Waals surface area contributed by atoms with E-state index >= 15 is 0 Å². The highest BCUT2D eigenvalue weighted by atomic mass is 16.5. The van der Waals surface area contributed by atoms with Crippen LogP contribution in [0.3, 0.4) is 0 Å². The Morgan fingerprint density at radius 1 is 1.19 bits per heavy atom. The highest BCUT2D eigenvalue weighted by molar-refractivity contribution is 5.92. The van der Waals surface area contributed by atoms with Crippen LogP contribution in [0.15, 0.2) is 48.7 Å². The molecule has 0 fully saturated rings. The molecule has 3 heterocycles. The Hall–Kier alpha value is -3.68. The third-order valence-electron chi connectivity index (χ3n) is 5.71. The molecule has 0 spiro atoms. The van der Waals surface area contributed by atoms with Crippen LogP contribution in [0.1, 0.15) is 33.0 Å². The molecule has 2 amide bonds. The summed E-state index contributed by atoms with van der Waals surface area (Å²) in [4.78, 5) is 31.1. The molecule has 1 aliphatic rings. The summed E-state index contributed by atoms with van der Waals surface area (Å²) in [6, 6.07) is 12.8. The lowest BCUT2D eigenvalue weighted by atomic mass is 10.0. The first-order valence-corrected chi connectivity index (χ1v) is 10.7. The third kappa shape index (κ3) is 4.80. The number of pyridine rings is 1. The molecule has 0 radical (unpaired) electrons. The fourth-order valence-corrected chi connectivity index (χ4v) is 4.03. The maximum absolute atomic E-state index is 12.9. The molecule has 1 aromatic carbocycles. The van der Waals surface area contributed by atoms with Crippen LogP contribution < -0.4 is 10.1 Å². The number of carbonyl (C=O) groups excluding carboxylic acids is 2. The number of carbonyl (C=O) groups is 2. The van der Waals surface area contributed by atoms with Gasteiger partial charge in [0.05, 0.1) is 19.2 Å². The van der Waals surface area contributed by atoms with Crippen molar-refractivity contribution in [1.29, 1.82) is 0 Å². The molecule has 0 aliphatic carbocycles. The standard InChI is InChI=1S/C24H27N5O3/c1-28-22-10-13-29(23(30)15-17-6-5-7-18(14-17)32-2)16-19(22)20(27-28)9-12-26-24(31)21-8-3-4-11-25-21/h3-8,11,14H,9-10,12-13,15-16H2,1-2H3,(H,26,31). The first kappa shape index (κ1) is 21.5. The van der Waals surface area contributed by atoms with Gasteiger partial charge in [0.15, 0.2) is 0 Å². The van der Waals surface area contributed by atoms with Crippen LogP contribution in [0.4, 0.5) is 0 Å². The smallest absolute Gasteiger partial charge is 0.269 e. The quantitative estimate of drug-likeness (QED) is 0.615. The predicted octanol–water partition coefficient (Wildman–Crippen LogP) is 1.92. The summed E-state index contributed by atoms with van der Waals surface area (Å²) >= 11 is 0. The minimum atomic E-state index is -0.203. The van der Waals surface area contributed by atoms with Gasteiger partial charge in [0.25, 0.3) is 5.91 Å². The van der Waals surface area contributed by atoms with Crippen molar-refractivity contribution in [2.45, 2.75) is 25.8 Å². The number of ether oxygens (including phenoxy) is 1. The molecule has 0 bridgehead atoms. The SMILES string of the molecule is COc1cccc(CC(=O)N2CCc3c(c(CCNC(=O)c4ccccn4)nn3C)C2)c1. The summed E-state index contributed by atoms with van der Waals surface area (Å²) in [7, 11) is 3.55. The van der Waals surface area contributed by atoms with Crippen LogP contribution in [-0.4, -0.2) is 51.7 Å². The Morgan fingerprint density at radius 3 is 2.84 bits per heavy atom. The van der Waals surface area contributed by atoms with Crippen molar-refractivity contribution in [2.24, 2.45) is 7.05 Å². The molecule has 4 rings (SSSR count). The molecule has 8 nitrogen and oxygen atoms in total. The molecule has 0 saturated heterocycles. The van der Waals surface area contributed by atoms with Gasteiger partial charge in [-0.1, -0.05) is 18.2 Å². The van der Waals surface area contributed by atoms with Crippen molar-refractivity contribution in [3.63, 3.8) is 0 Å². The van der Waals surface area contributed by atoms with Gasteiger partial charge >= 0.3 is 0 Å². The fourth-order valence-electron chi connectivity index (χ4n) is 4.03. The van der Waals surface area contributed by atoms with Crippen molar-refractivity contribution >= 4 is 11.8 Å². The summed E-state index contributed by atoms with van der Waals surface area (Å²) in [5.74, 6) is 0.631. The Balaban J connectivity index is 1.39. The molecule has 32 heavy (non-hydrogen) atoms. The van der Waals surface area contributed by atoms with Crippen LogP contribution in [0.25, 0.3) is 0 Å². The summed E-state index contributed by atoms with van der Waals surface area (Å²) in [5, 5.41) is 7.56. The summed E-state index contributed by atoms with van der Waals surface area (Å²) in [5.41, 5.74) is 4.49. The van der Waals surface area contributed by atoms with E-state index in [9.17, 15) is 9.59 Å². The van der Waals surface area contributed by atoms with E-state index in [1.807, 2.05) is 40.9 Å². The van der Waals surface area contributed by atoms with Crippen LogP contribution in [-0.2, 0) is 37.6 Å². The normalized spacial score (nSPS) is 12.9. The van der Waals surface area contributed by atoms with E-state index < -0.39 is 0 Å². The summed E-state index contributed by atoms with van der Waals surface area (Å²) in [6.07, 6.45) is 3.30. The van der Waals surface area contributed by atoms with E-state index in [-0.39, 0.29) is 11.8 Å². The number of nitrogens with one attached hydrogen (secondary N) is 1. The topological polar surface area (TPSA) is 89.3 Å². The number of aryl methyl sites for hydroxylation is 1. The molecular weight excluding hydrogens is 406 g/mol. The van der Waals surface area contributed by atoms with Gasteiger partial charge in [-0.25, -0.2) is 0 Å². The Kier molecular flexibility index (Phi) is 6.49. The van der Waals surface area contributed by atoms with Crippen molar-refractivity contribution in [2.75, 3.05) is 20.2 Å². The Bertz CT molecular complexity index is 1110. The van der Waals surface area contributed by atoms with Crippen molar-refractivity contribution in [3.8, 4) is 5.75 Å². The van der Waals surface area contributed by atoms with E-state index in [0.29, 0.717) is 38.2 Å². The molecular formula is C24H27N5O3. The fraction of sp³-hybridized carbons (Fsp3) is 0.333. The number of hydrogen-bond acceptors (Lipinski definition) is 5. The predicted molar refractivity (Wildman–Crippen MR) is 119 cm³/mol. The number of amides is 2. The molecule has 8 heteroatoms. The number of fused-ring (bicyclic) bond motifs is 1. The highest BCUT2D eigenvalue weighted by Gasteiger charge is 2.26. The van der Waals surface area contributed by atoms with Crippen LogP contribution in [0.2, 0.25) is 0 Å². The Labute approximate surface area is 187 Å². The minimum absolute atomic E-state index is 0.0853. The third-order valence-corrected chi connectivity index (χ3v) is 5.71. The van der Waals surface area contributed by atoms with Gasteiger partial charge < -0.3 is 15.0 Å². The largest absolute Gasteiger partial charge is 0.497 e. The van der Waals surface area contributed by atoms with E-state index in [4.69, 9.17) is 4.74 Å². The second-order valence-electron chi connectivity index (χ2n) is 7.81. The van der Waals surface area contributed by atoms with Crippen LogP contribution >= 0.6 is 0 Å². The minimum Gasteiger partial charge on any atom is -0.497 e. The molecule has 166 valence electrons. The summed E-state index contributed by atoms with van der Waals surface area (Å²) in [6.45, 7) is 1.66. The second-order valence-corrected chi connectivity index (χ2v) is 7.81. The van der Waals surface area contributed by atoms with Gasteiger partial charge in [-0.2, -0.15) is 5.10 Å². The maximum Gasteiger partial charge on any atom is 0.269 e. The van der Waals surface area contributed by atoms with Crippen molar-refractivity contribution < 1.29 is 14.3 Å². The van der Waals surface area contributed by atoms with E-state index in [2.05, 4.69) is 15.4 Å². The molecule has 0 unspecified atom stereocenters. The molecule has 0 atom stereocenters. The average molecular weight is 434 g/mol. The first-order valence-electron chi connectivity index (χ1n) is 10.7. The van der Waals surface area contributed by atoms with Crippen LogP contribution in [0, 0.1) is 0 Å². The van der Waals surface area contributed by atoms with Gasteiger partial charge in [-0.3, -0.25) is 19.3 Å². The van der Waals surface area contributed by atoms with Gasteiger partial charge in [-0.05, 0) is 29.8 Å². The van der Waals surface area contributed by atoms with Gasteiger partial charge in [-0.15, -0.1) is 0 Å². The van der Waals surface area contributed by atoms with Gasteiger partial charge in [0.2, 0.25) is 5.91 Å². The lowest BCUT2D eigenvalue weighted by Gasteiger charge is -2.28. The molecule has 2 aromatic heterocycles. The summed E-state index contributed by atoms with van der Waals surface area (Å²) < 4.78 is 7.16. The first-order chi connectivity index (χ1) is 15.5. The van der Waals surface area contributed by atoms with Crippen LogP contribution in [0.5, 0.6) is 5.75 Å². The number of nitrogens with zero attached hydrogens (tertiary/aromatic N) is 4.